The van der Waals surface area contributed by atoms with Gasteiger partial charge in [-0.25, -0.2) is 0 Å². The first-order valence-corrected chi connectivity index (χ1v) is 8.23. The van der Waals surface area contributed by atoms with E-state index in [0.717, 1.165) is 0 Å². The largest absolute Gasteiger partial charge is 0.311 e. The van der Waals surface area contributed by atoms with Gasteiger partial charge >= 0.3 is 0 Å². The Labute approximate surface area is 139 Å². The average Bonchev–Trinajstić information content (AvgIpc) is 2.89. The Balaban J connectivity index is 2.25. The van der Waals surface area contributed by atoms with Crippen molar-refractivity contribution in [3.8, 4) is 17.1 Å². The molecule has 0 spiro atoms. The minimum Gasteiger partial charge on any atom is -0.311 e. The molecule has 0 atom stereocenters. The first-order valence-electron chi connectivity index (χ1n) is 8.23. The molecule has 0 saturated carbocycles. The molecule has 0 fully saturated rings. The summed E-state index contributed by atoms with van der Waals surface area (Å²) in [7, 11) is 2.12. The topological polar surface area (TPSA) is 8.81 Å². The lowest BCUT2D eigenvalue weighted by Crippen LogP contribution is -2.31. The van der Waals surface area contributed by atoms with E-state index in [2.05, 4.69) is 98.7 Å². The number of rotatable bonds is 3. The average molecular weight is 305 g/mol. The van der Waals surface area contributed by atoms with Crippen molar-refractivity contribution >= 4 is 0 Å². The van der Waals surface area contributed by atoms with Gasteiger partial charge in [-0.15, -0.1) is 0 Å². The molecule has 2 nitrogen and oxygen atoms in total. The summed E-state index contributed by atoms with van der Waals surface area (Å²) < 4.78 is 4.54. The number of para-hydroxylation sites is 1. The summed E-state index contributed by atoms with van der Waals surface area (Å²) in [6.07, 6.45) is 4.37. The molecule has 1 aromatic carbocycles. The maximum Gasteiger partial charge on any atom is 0.229 e. The van der Waals surface area contributed by atoms with Gasteiger partial charge in [0.15, 0.2) is 6.20 Å². The number of aryl methyl sites for hydroxylation is 3. The maximum absolute atomic E-state index is 2.33. The van der Waals surface area contributed by atoms with Crippen LogP contribution in [0.3, 0.4) is 0 Å². The first-order chi connectivity index (χ1) is 11.0. The van der Waals surface area contributed by atoms with Crippen molar-refractivity contribution in [2.75, 3.05) is 0 Å². The van der Waals surface area contributed by atoms with Gasteiger partial charge in [0.1, 0.15) is 12.7 Å². The third-order valence-electron chi connectivity index (χ3n) is 4.43. The number of pyridine rings is 1. The van der Waals surface area contributed by atoms with Crippen LogP contribution in [0.25, 0.3) is 17.1 Å². The van der Waals surface area contributed by atoms with Crippen molar-refractivity contribution in [2.24, 2.45) is 7.05 Å². The second-order valence-corrected chi connectivity index (χ2v) is 6.63. The molecule has 0 saturated heterocycles. The lowest BCUT2D eigenvalue weighted by molar-refractivity contribution is -0.660. The fourth-order valence-corrected chi connectivity index (χ4v) is 3.24. The normalized spacial score (nSPS) is 11.2. The van der Waals surface area contributed by atoms with E-state index in [0.29, 0.717) is 5.92 Å². The molecular weight excluding hydrogens is 280 g/mol. The Morgan fingerprint density at radius 1 is 0.957 bits per heavy atom. The van der Waals surface area contributed by atoms with Crippen LogP contribution in [-0.4, -0.2) is 4.57 Å². The van der Waals surface area contributed by atoms with Gasteiger partial charge in [-0.1, -0.05) is 32.0 Å². The van der Waals surface area contributed by atoms with E-state index in [1.165, 1.54) is 33.8 Å². The van der Waals surface area contributed by atoms with E-state index in [-0.39, 0.29) is 0 Å². The summed E-state index contributed by atoms with van der Waals surface area (Å²) in [5.74, 6) is 0.494. The highest BCUT2D eigenvalue weighted by Gasteiger charge is 2.19. The van der Waals surface area contributed by atoms with Gasteiger partial charge in [0, 0.05) is 23.5 Å². The summed E-state index contributed by atoms with van der Waals surface area (Å²) in [6, 6.07) is 15.3. The fourth-order valence-electron chi connectivity index (χ4n) is 3.24. The minimum atomic E-state index is 0.494. The zero-order valence-electron chi connectivity index (χ0n) is 14.7. The Morgan fingerprint density at radius 2 is 1.70 bits per heavy atom. The maximum atomic E-state index is 2.33. The van der Waals surface area contributed by atoms with Gasteiger partial charge in [-0.05, 0) is 49.1 Å². The van der Waals surface area contributed by atoms with Crippen molar-refractivity contribution in [3.63, 3.8) is 0 Å². The molecule has 0 N–H and O–H groups in total. The molecule has 23 heavy (non-hydrogen) atoms. The third-order valence-corrected chi connectivity index (χ3v) is 4.43. The monoisotopic (exact) mass is 305 g/mol. The number of aromatic nitrogens is 2. The van der Waals surface area contributed by atoms with E-state index in [4.69, 9.17) is 0 Å². The van der Waals surface area contributed by atoms with Gasteiger partial charge < -0.3 is 4.57 Å². The Morgan fingerprint density at radius 3 is 2.39 bits per heavy atom. The standard InChI is InChI=1S/C21H25N2/c1-15(2)18-8-6-7-9-19(18)23-13-12-17(4)21(23)20-11-10-16(3)14-22(20)5/h6-15H,1-5H3/q+1. The van der Waals surface area contributed by atoms with Crippen LogP contribution in [0.4, 0.5) is 0 Å². The molecule has 0 aliphatic rings. The molecule has 2 heteroatoms. The minimum absolute atomic E-state index is 0.494. The quantitative estimate of drug-likeness (QED) is 0.620. The fraction of sp³-hybridized carbons (Fsp3) is 0.286. The molecular formula is C21H25N2+. The van der Waals surface area contributed by atoms with Gasteiger partial charge in [-0.3, -0.25) is 0 Å². The lowest BCUT2D eigenvalue weighted by atomic mass is 10.0. The van der Waals surface area contributed by atoms with Crippen LogP contribution in [0.2, 0.25) is 0 Å². The second-order valence-electron chi connectivity index (χ2n) is 6.63. The summed E-state index contributed by atoms with van der Waals surface area (Å²) in [4.78, 5) is 0. The van der Waals surface area contributed by atoms with E-state index >= 15 is 0 Å². The number of nitrogens with zero attached hydrogens (tertiary/aromatic N) is 2. The zero-order valence-corrected chi connectivity index (χ0v) is 14.7. The van der Waals surface area contributed by atoms with Gasteiger partial charge in [-0.2, -0.15) is 4.57 Å². The SMILES string of the molecule is Cc1ccc(-c2c(C)ccn2-c2ccccc2C(C)C)[n+](C)c1. The van der Waals surface area contributed by atoms with Gasteiger partial charge in [0.25, 0.3) is 0 Å². The Hall–Kier alpha value is -2.35. The number of benzene rings is 1. The third kappa shape index (κ3) is 2.81. The smallest absolute Gasteiger partial charge is 0.229 e. The molecule has 0 aliphatic carbocycles. The van der Waals surface area contributed by atoms with Gasteiger partial charge in [0.2, 0.25) is 5.69 Å². The molecule has 118 valence electrons. The lowest BCUT2D eigenvalue weighted by Gasteiger charge is -2.16. The van der Waals surface area contributed by atoms with Crippen LogP contribution in [0.5, 0.6) is 0 Å². The van der Waals surface area contributed by atoms with Crippen molar-refractivity contribution in [3.05, 3.63) is 71.5 Å². The van der Waals surface area contributed by atoms with E-state index in [1.54, 1.807) is 0 Å². The number of hydrogen-bond donors (Lipinski definition) is 0. The summed E-state index contributed by atoms with van der Waals surface area (Å²) in [6.45, 7) is 8.81. The molecule has 3 aromatic rings. The van der Waals surface area contributed by atoms with E-state index < -0.39 is 0 Å². The van der Waals surface area contributed by atoms with E-state index in [1.807, 2.05) is 0 Å². The zero-order chi connectivity index (χ0) is 16.6. The second kappa shape index (κ2) is 6.04. The number of hydrogen-bond acceptors (Lipinski definition) is 0. The van der Waals surface area contributed by atoms with E-state index in [9.17, 15) is 0 Å². The van der Waals surface area contributed by atoms with Crippen LogP contribution >= 0.6 is 0 Å². The summed E-state index contributed by atoms with van der Waals surface area (Å²) in [5, 5.41) is 0. The summed E-state index contributed by atoms with van der Waals surface area (Å²) >= 11 is 0. The highest BCUT2D eigenvalue weighted by Crippen LogP contribution is 2.30. The predicted molar refractivity (Wildman–Crippen MR) is 95.9 cm³/mol. The van der Waals surface area contributed by atoms with Crippen molar-refractivity contribution in [1.82, 2.24) is 4.57 Å². The predicted octanol–water partition coefficient (Wildman–Crippen LogP) is 4.71. The highest BCUT2D eigenvalue weighted by molar-refractivity contribution is 5.62. The van der Waals surface area contributed by atoms with Crippen molar-refractivity contribution in [2.45, 2.75) is 33.6 Å². The molecule has 0 bridgehead atoms. The van der Waals surface area contributed by atoms with Crippen LogP contribution in [0.15, 0.2) is 54.9 Å². The van der Waals surface area contributed by atoms with Crippen LogP contribution in [0.1, 0.15) is 36.5 Å². The summed E-state index contributed by atoms with van der Waals surface area (Å²) in [5.41, 5.74) is 7.71. The van der Waals surface area contributed by atoms with Crippen molar-refractivity contribution in [1.29, 1.82) is 0 Å². The Kier molecular flexibility index (Phi) is 4.08. The van der Waals surface area contributed by atoms with Crippen LogP contribution in [-0.2, 0) is 7.05 Å². The molecule has 3 rings (SSSR count). The molecule has 0 aliphatic heterocycles. The molecule has 0 amide bonds. The molecule has 0 radical (unpaired) electrons. The van der Waals surface area contributed by atoms with Crippen LogP contribution in [0, 0.1) is 13.8 Å². The van der Waals surface area contributed by atoms with Gasteiger partial charge in [0.05, 0.1) is 0 Å². The molecule has 2 aromatic heterocycles. The highest BCUT2D eigenvalue weighted by atomic mass is 15.0. The first kappa shape index (κ1) is 15.5. The molecule has 2 heterocycles. The molecule has 0 unspecified atom stereocenters. The Bertz CT molecular complexity index is 841. The van der Waals surface area contributed by atoms with Crippen LogP contribution < -0.4 is 4.57 Å². The van der Waals surface area contributed by atoms with Crippen molar-refractivity contribution < 1.29 is 4.57 Å².